The molecule has 2 heterocycles. The molecule has 0 atom stereocenters. The van der Waals surface area contributed by atoms with Crippen LogP contribution in [0.2, 0.25) is 5.02 Å². The number of rotatable bonds is 4. The first-order valence-electron chi connectivity index (χ1n) is 10.2. The maximum atomic E-state index is 6.01. The monoisotopic (exact) mass is 404 g/mol. The molecule has 1 aliphatic heterocycles. The number of hydrogen-bond donors (Lipinski definition) is 0. The van der Waals surface area contributed by atoms with Crippen LogP contribution >= 0.6 is 11.6 Å². The van der Waals surface area contributed by atoms with Crippen molar-refractivity contribution >= 4 is 39.1 Å². The van der Waals surface area contributed by atoms with Crippen molar-refractivity contribution in [2.24, 2.45) is 7.05 Å². The smallest absolute Gasteiger partial charge is 0.110 e. The van der Waals surface area contributed by atoms with Gasteiger partial charge in [-0.15, -0.1) is 0 Å². The highest BCUT2D eigenvalue weighted by molar-refractivity contribution is 6.30. The molecule has 0 unspecified atom stereocenters. The predicted octanol–water partition coefficient (Wildman–Crippen LogP) is 4.74. The molecule has 5 rings (SSSR count). The minimum atomic E-state index is 0.794. The molecule has 4 aromatic rings. The third-order valence-corrected chi connectivity index (χ3v) is 6.32. The van der Waals surface area contributed by atoms with Gasteiger partial charge in [-0.25, -0.2) is 4.98 Å². The number of nitrogens with zero attached hydrogens (tertiary/aromatic N) is 4. The molecule has 0 aliphatic carbocycles. The van der Waals surface area contributed by atoms with Crippen LogP contribution in [0.3, 0.4) is 0 Å². The molecule has 148 valence electrons. The molecule has 0 spiro atoms. The van der Waals surface area contributed by atoms with Crippen LogP contribution in [0.15, 0.2) is 60.7 Å². The lowest BCUT2D eigenvalue weighted by Crippen LogP contribution is -2.47. The van der Waals surface area contributed by atoms with Gasteiger partial charge in [0.15, 0.2) is 0 Å². The molecule has 1 fully saturated rings. The van der Waals surface area contributed by atoms with Gasteiger partial charge in [0.1, 0.15) is 5.82 Å². The minimum absolute atomic E-state index is 0.794. The summed E-state index contributed by atoms with van der Waals surface area (Å²) in [5.41, 5.74) is 3.59. The van der Waals surface area contributed by atoms with Gasteiger partial charge in [0.2, 0.25) is 0 Å². The maximum Gasteiger partial charge on any atom is 0.110 e. The lowest BCUT2D eigenvalue weighted by molar-refractivity contribution is 0.259. The Kier molecular flexibility index (Phi) is 4.90. The second-order valence-corrected chi connectivity index (χ2v) is 8.23. The average molecular weight is 405 g/mol. The van der Waals surface area contributed by atoms with Crippen molar-refractivity contribution in [3.63, 3.8) is 0 Å². The lowest BCUT2D eigenvalue weighted by atomic mass is 10.1. The van der Waals surface area contributed by atoms with E-state index in [1.165, 1.54) is 22.0 Å². The fraction of sp³-hybridized carbons (Fsp3) is 0.292. The summed E-state index contributed by atoms with van der Waals surface area (Å²) in [7, 11) is 2.15. The number of imidazole rings is 1. The molecule has 1 aliphatic rings. The van der Waals surface area contributed by atoms with E-state index in [0.717, 1.165) is 55.5 Å². The third kappa shape index (κ3) is 3.59. The Balaban J connectivity index is 1.26. The first-order chi connectivity index (χ1) is 14.2. The Morgan fingerprint density at radius 1 is 0.897 bits per heavy atom. The van der Waals surface area contributed by atoms with Gasteiger partial charge in [0.05, 0.1) is 11.0 Å². The normalized spacial score (nSPS) is 15.4. The minimum Gasteiger partial charge on any atom is -0.369 e. The van der Waals surface area contributed by atoms with E-state index in [-0.39, 0.29) is 0 Å². The quantitative estimate of drug-likeness (QED) is 0.490. The van der Waals surface area contributed by atoms with Crippen LogP contribution in [0.1, 0.15) is 5.82 Å². The summed E-state index contributed by atoms with van der Waals surface area (Å²) < 4.78 is 2.28. The fourth-order valence-corrected chi connectivity index (χ4v) is 4.52. The number of aryl methyl sites for hydroxylation is 1. The number of fused-ring (bicyclic) bond motifs is 3. The molecule has 1 aromatic heterocycles. The topological polar surface area (TPSA) is 24.3 Å². The highest BCUT2D eigenvalue weighted by Gasteiger charge is 2.18. The second-order valence-electron chi connectivity index (χ2n) is 7.80. The zero-order valence-electron chi connectivity index (χ0n) is 16.7. The molecular formula is C24H25ClN4. The number of benzene rings is 3. The van der Waals surface area contributed by atoms with Crippen LogP contribution in [-0.4, -0.2) is 47.2 Å². The third-order valence-electron chi connectivity index (χ3n) is 6.07. The van der Waals surface area contributed by atoms with Crippen molar-refractivity contribution in [3.05, 3.63) is 71.5 Å². The van der Waals surface area contributed by atoms with Crippen molar-refractivity contribution in [2.45, 2.75) is 6.42 Å². The van der Waals surface area contributed by atoms with Crippen molar-refractivity contribution in [2.75, 3.05) is 37.6 Å². The van der Waals surface area contributed by atoms with E-state index >= 15 is 0 Å². The Morgan fingerprint density at radius 2 is 1.66 bits per heavy atom. The molecule has 4 nitrogen and oxygen atoms in total. The molecule has 0 saturated carbocycles. The van der Waals surface area contributed by atoms with Gasteiger partial charge in [0, 0.05) is 62.3 Å². The Morgan fingerprint density at radius 3 is 2.45 bits per heavy atom. The lowest BCUT2D eigenvalue weighted by Gasteiger charge is -2.36. The largest absolute Gasteiger partial charge is 0.369 e. The number of anilines is 1. The summed E-state index contributed by atoms with van der Waals surface area (Å²) in [5, 5.41) is 3.35. The molecular weight excluding hydrogens is 380 g/mol. The average Bonchev–Trinajstić information content (AvgIpc) is 3.09. The Labute approximate surface area is 176 Å². The summed E-state index contributed by atoms with van der Waals surface area (Å²) in [5.74, 6) is 1.16. The molecule has 0 bridgehead atoms. The van der Waals surface area contributed by atoms with Crippen molar-refractivity contribution in [3.8, 4) is 0 Å². The van der Waals surface area contributed by atoms with E-state index in [9.17, 15) is 0 Å². The second kappa shape index (κ2) is 7.69. The maximum absolute atomic E-state index is 6.01. The van der Waals surface area contributed by atoms with Gasteiger partial charge >= 0.3 is 0 Å². The van der Waals surface area contributed by atoms with Gasteiger partial charge in [-0.2, -0.15) is 0 Å². The van der Waals surface area contributed by atoms with E-state index in [0.29, 0.717) is 0 Å². The van der Waals surface area contributed by atoms with Gasteiger partial charge in [-0.3, -0.25) is 4.90 Å². The number of piperazine rings is 1. The first-order valence-corrected chi connectivity index (χ1v) is 10.6. The van der Waals surface area contributed by atoms with Crippen molar-refractivity contribution in [1.29, 1.82) is 0 Å². The molecule has 0 N–H and O–H groups in total. The van der Waals surface area contributed by atoms with Crippen LogP contribution in [0, 0.1) is 0 Å². The van der Waals surface area contributed by atoms with Gasteiger partial charge in [0.25, 0.3) is 0 Å². The molecule has 1 saturated heterocycles. The SMILES string of the molecule is Cn1c(CCN2CCN(c3ccc(Cl)cc3)CC2)nc2ccc3ccccc3c21. The molecule has 0 radical (unpaired) electrons. The van der Waals surface area contributed by atoms with Gasteiger partial charge in [-0.1, -0.05) is 41.9 Å². The van der Waals surface area contributed by atoms with Crippen LogP contribution < -0.4 is 4.90 Å². The van der Waals surface area contributed by atoms with Crippen LogP contribution in [0.4, 0.5) is 5.69 Å². The van der Waals surface area contributed by atoms with Crippen LogP contribution in [-0.2, 0) is 13.5 Å². The zero-order valence-corrected chi connectivity index (χ0v) is 17.4. The fourth-order valence-electron chi connectivity index (χ4n) is 4.39. The summed E-state index contributed by atoms with van der Waals surface area (Å²) in [6.07, 6.45) is 0.973. The first kappa shape index (κ1) is 18.5. The highest BCUT2D eigenvalue weighted by atomic mass is 35.5. The zero-order chi connectivity index (χ0) is 19.8. The van der Waals surface area contributed by atoms with Crippen LogP contribution in [0.25, 0.3) is 21.8 Å². The number of halogens is 1. The predicted molar refractivity (Wildman–Crippen MR) is 122 cm³/mol. The van der Waals surface area contributed by atoms with E-state index in [4.69, 9.17) is 16.6 Å². The van der Waals surface area contributed by atoms with E-state index in [1.807, 2.05) is 12.1 Å². The number of aromatic nitrogens is 2. The van der Waals surface area contributed by atoms with E-state index in [2.05, 4.69) is 69.9 Å². The number of hydrogen-bond acceptors (Lipinski definition) is 3. The molecule has 3 aromatic carbocycles. The van der Waals surface area contributed by atoms with Crippen LogP contribution in [0.5, 0.6) is 0 Å². The van der Waals surface area contributed by atoms with Gasteiger partial charge < -0.3 is 9.47 Å². The molecule has 29 heavy (non-hydrogen) atoms. The molecule has 0 amide bonds. The van der Waals surface area contributed by atoms with E-state index in [1.54, 1.807) is 0 Å². The Bertz CT molecular complexity index is 1140. The summed E-state index contributed by atoms with van der Waals surface area (Å²) >= 11 is 6.01. The highest BCUT2D eigenvalue weighted by Crippen LogP contribution is 2.26. The summed E-state index contributed by atoms with van der Waals surface area (Å²) in [4.78, 5) is 9.91. The van der Waals surface area contributed by atoms with Gasteiger partial charge in [-0.05, 0) is 35.7 Å². The summed E-state index contributed by atoms with van der Waals surface area (Å²) in [6.45, 7) is 5.30. The summed E-state index contributed by atoms with van der Waals surface area (Å²) in [6, 6.07) is 21.0. The standard InChI is InChI=1S/C24H25ClN4/c1-27-23(26-22-11-6-18-4-2-3-5-21(18)24(22)27)12-13-28-14-16-29(17-15-28)20-9-7-19(25)8-10-20/h2-11H,12-17H2,1H3. The van der Waals surface area contributed by atoms with Crippen molar-refractivity contribution < 1.29 is 0 Å². The molecule has 5 heteroatoms. The van der Waals surface area contributed by atoms with E-state index < -0.39 is 0 Å². The van der Waals surface area contributed by atoms with Crippen molar-refractivity contribution in [1.82, 2.24) is 14.5 Å². The Hall–Kier alpha value is -2.56.